The molecule has 220 valence electrons. The molecule has 1 atom stereocenters. The maximum Gasteiger partial charge on any atom is 0.328 e. The second-order valence-corrected chi connectivity index (χ2v) is 10.7. The van der Waals surface area contributed by atoms with E-state index < -0.39 is 29.7 Å². The van der Waals surface area contributed by atoms with Crippen LogP contribution in [0.2, 0.25) is 10.0 Å². The number of ether oxygens (including phenoxy) is 2. The molecule has 1 aliphatic heterocycles. The number of carbonyl (C=O) groups is 4. The smallest absolute Gasteiger partial charge is 0.328 e. The summed E-state index contributed by atoms with van der Waals surface area (Å²) in [6, 6.07) is 6.83. The number of likely N-dealkylation sites (tertiary alicyclic amines) is 1. The van der Waals surface area contributed by atoms with Gasteiger partial charge in [0.15, 0.2) is 11.5 Å². The van der Waals surface area contributed by atoms with Crippen LogP contribution in [-0.4, -0.2) is 79.8 Å². The van der Waals surface area contributed by atoms with E-state index in [0.29, 0.717) is 53.0 Å². The summed E-state index contributed by atoms with van der Waals surface area (Å²) in [5.41, 5.74) is 0.863. The maximum atomic E-state index is 12.8. The predicted octanol–water partition coefficient (Wildman–Crippen LogP) is 3.98. The van der Waals surface area contributed by atoms with Crippen molar-refractivity contribution in [3.8, 4) is 11.5 Å². The highest BCUT2D eigenvalue weighted by atomic mass is 35.5. The van der Waals surface area contributed by atoms with Gasteiger partial charge in [0.1, 0.15) is 6.04 Å². The Balaban J connectivity index is 1.51. The lowest BCUT2D eigenvalue weighted by molar-refractivity contribution is -0.142. The highest BCUT2D eigenvalue weighted by Gasteiger charge is 2.30. The van der Waals surface area contributed by atoms with E-state index in [1.54, 1.807) is 23.1 Å². The lowest BCUT2D eigenvalue weighted by Crippen LogP contribution is -2.51. The second kappa shape index (κ2) is 15.0. The van der Waals surface area contributed by atoms with E-state index in [1.165, 1.54) is 44.2 Å². The number of carbonyl (C=O) groups excluding carboxylic acids is 3. The first-order valence-corrected chi connectivity index (χ1v) is 14.6. The van der Waals surface area contributed by atoms with Gasteiger partial charge in [-0.2, -0.15) is 0 Å². The van der Waals surface area contributed by atoms with Gasteiger partial charge in [0.2, 0.25) is 11.8 Å². The Morgan fingerprint density at radius 3 is 2.37 bits per heavy atom. The maximum absolute atomic E-state index is 12.8. The number of carboxylic acids is 1. The molecule has 0 bridgehead atoms. The summed E-state index contributed by atoms with van der Waals surface area (Å²) in [6.45, 7) is 0.338. The topological polar surface area (TPSA) is 134 Å². The summed E-state index contributed by atoms with van der Waals surface area (Å²) in [5.74, 6) is -2.18. The van der Waals surface area contributed by atoms with Crippen molar-refractivity contribution in [2.45, 2.75) is 23.8 Å². The molecule has 0 radical (unpaired) electrons. The van der Waals surface area contributed by atoms with Gasteiger partial charge in [0, 0.05) is 42.1 Å². The molecule has 0 saturated carbocycles. The molecule has 1 saturated heterocycles. The van der Waals surface area contributed by atoms with E-state index in [0.717, 1.165) is 4.90 Å². The summed E-state index contributed by atoms with van der Waals surface area (Å²) in [7, 11) is 2.90. The Bertz CT molecular complexity index is 1330. The average molecular weight is 625 g/mol. The highest BCUT2D eigenvalue weighted by Crippen LogP contribution is 2.35. The van der Waals surface area contributed by atoms with E-state index in [4.69, 9.17) is 32.7 Å². The van der Waals surface area contributed by atoms with Crippen molar-refractivity contribution < 1.29 is 33.8 Å². The number of hydrogen-bond donors (Lipinski definition) is 3. The molecule has 10 nitrogen and oxygen atoms in total. The minimum Gasteiger partial charge on any atom is -0.493 e. The van der Waals surface area contributed by atoms with Crippen LogP contribution in [0.15, 0.2) is 41.3 Å². The van der Waals surface area contributed by atoms with Crippen LogP contribution in [0.25, 0.3) is 6.08 Å². The molecular formula is C28H31Cl2N3O7S. The molecule has 1 aliphatic rings. The number of halogens is 2. The van der Waals surface area contributed by atoms with Crippen LogP contribution in [0, 0.1) is 5.92 Å². The van der Waals surface area contributed by atoms with Gasteiger partial charge in [-0.05, 0) is 55.0 Å². The number of carboxylic acid groups (broad SMARTS) is 1. The van der Waals surface area contributed by atoms with Crippen LogP contribution in [0.5, 0.6) is 11.5 Å². The average Bonchev–Trinajstić information content (AvgIpc) is 2.99. The quantitative estimate of drug-likeness (QED) is 0.253. The van der Waals surface area contributed by atoms with Gasteiger partial charge in [-0.15, -0.1) is 11.8 Å². The summed E-state index contributed by atoms with van der Waals surface area (Å²) in [5, 5.41) is 15.4. The van der Waals surface area contributed by atoms with Gasteiger partial charge in [-0.25, -0.2) is 4.79 Å². The molecule has 41 heavy (non-hydrogen) atoms. The fourth-order valence-corrected chi connectivity index (χ4v) is 5.40. The zero-order chi connectivity index (χ0) is 30.1. The molecule has 0 aromatic heterocycles. The molecular weight excluding hydrogens is 593 g/mol. The van der Waals surface area contributed by atoms with Crippen LogP contribution in [0.4, 0.5) is 0 Å². The number of nitrogens with zero attached hydrogens (tertiary/aromatic N) is 1. The molecule has 1 fully saturated rings. The van der Waals surface area contributed by atoms with E-state index in [9.17, 15) is 24.3 Å². The predicted molar refractivity (Wildman–Crippen MR) is 158 cm³/mol. The van der Waals surface area contributed by atoms with Gasteiger partial charge >= 0.3 is 5.97 Å². The van der Waals surface area contributed by atoms with Gasteiger partial charge in [-0.3, -0.25) is 14.4 Å². The molecule has 2 aromatic rings. The normalized spacial score (nSPS) is 14.4. The van der Waals surface area contributed by atoms with Crippen LogP contribution in [0.3, 0.4) is 0 Å². The zero-order valence-corrected chi connectivity index (χ0v) is 25.1. The molecule has 13 heteroatoms. The summed E-state index contributed by atoms with van der Waals surface area (Å²) < 4.78 is 10.3. The van der Waals surface area contributed by atoms with Crippen LogP contribution in [-0.2, 0) is 14.4 Å². The molecule has 0 spiro atoms. The highest BCUT2D eigenvalue weighted by molar-refractivity contribution is 7.98. The standard InChI is InChI=1S/C28H31Cl2N3O7S/c1-39-20-7-4-18(14-21(20)40-2)26(35)31-15-19(28(37)38)32-27(36)17-10-12-33(13-11-17)23(34)9-6-16-5-8-22(41-3)25(30)24(16)29/h4-9,14,17,19H,10-13,15H2,1-3H3,(H,31,35)(H,32,36)(H,37,38)/t19-/m0/s1. The fraction of sp³-hybridized carbons (Fsp3) is 0.357. The van der Waals surface area contributed by atoms with Crippen molar-refractivity contribution in [3.63, 3.8) is 0 Å². The number of piperidine rings is 1. The van der Waals surface area contributed by atoms with E-state index >= 15 is 0 Å². The van der Waals surface area contributed by atoms with Crippen molar-refractivity contribution >= 4 is 64.7 Å². The second-order valence-electron chi connectivity index (χ2n) is 9.10. The number of rotatable bonds is 11. The summed E-state index contributed by atoms with van der Waals surface area (Å²) >= 11 is 14.1. The van der Waals surface area contributed by atoms with Crippen LogP contribution < -0.4 is 20.1 Å². The number of amides is 3. The molecule has 3 rings (SSSR count). The Kier molecular flexibility index (Phi) is 11.7. The number of aliphatic carboxylic acids is 1. The van der Waals surface area contributed by atoms with E-state index in [2.05, 4.69) is 10.6 Å². The van der Waals surface area contributed by atoms with Crippen LogP contribution in [0.1, 0.15) is 28.8 Å². The Morgan fingerprint density at radius 2 is 1.76 bits per heavy atom. The van der Waals surface area contributed by atoms with Gasteiger partial charge in [-0.1, -0.05) is 29.3 Å². The SMILES string of the molecule is COc1ccc(C(=O)NC[C@H](NC(=O)C2CCN(C(=O)C=Cc3ccc(SC)c(Cl)c3Cl)CC2)C(=O)O)cc1OC. The number of hydrogen-bond acceptors (Lipinski definition) is 7. The first kappa shape index (κ1) is 32.1. The monoisotopic (exact) mass is 623 g/mol. The van der Waals surface area contributed by atoms with Crippen molar-refractivity contribution in [3.05, 3.63) is 57.6 Å². The van der Waals surface area contributed by atoms with Crippen molar-refractivity contribution in [1.82, 2.24) is 15.5 Å². The van der Waals surface area contributed by atoms with E-state index in [1.807, 2.05) is 12.3 Å². The number of nitrogens with one attached hydrogen (secondary N) is 2. The summed E-state index contributed by atoms with van der Waals surface area (Å²) in [6.07, 6.45) is 5.64. The molecule has 1 heterocycles. The van der Waals surface area contributed by atoms with Crippen molar-refractivity contribution in [2.75, 3.05) is 40.1 Å². The third-order valence-corrected chi connectivity index (χ3v) is 8.40. The minimum absolute atomic E-state index is 0.230. The number of thioether (sulfide) groups is 1. The van der Waals surface area contributed by atoms with Crippen molar-refractivity contribution in [1.29, 1.82) is 0 Å². The lowest BCUT2D eigenvalue weighted by atomic mass is 9.95. The van der Waals surface area contributed by atoms with Crippen LogP contribution >= 0.6 is 35.0 Å². The Labute approximate surface area is 252 Å². The lowest BCUT2D eigenvalue weighted by Gasteiger charge is -2.31. The van der Waals surface area contributed by atoms with Crippen molar-refractivity contribution in [2.24, 2.45) is 5.92 Å². The van der Waals surface area contributed by atoms with E-state index in [-0.39, 0.29) is 18.0 Å². The first-order chi connectivity index (χ1) is 19.6. The molecule has 2 aromatic carbocycles. The summed E-state index contributed by atoms with van der Waals surface area (Å²) in [4.78, 5) is 52.3. The van der Waals surface area contributed by atoms with Gasteiger partial charge < -0.3 is 30.1 Å². The minimum atomic E-state index is -1.33. The third-order valence-electron chi connectivity index (χ3n) is 6.61. The zero-order valence-electron chi connectivity index (χ0n) is 22.7. The largest absolute Gasteiger partial charge is 0.493 e. The molecule has 3 amide bonds. The Hall–Kier alpha value is -3.41. The van der Waals surface area contributed by atoms with Gasteiger partial charge in [0.25, 0.3) is 5.91 Å². The van der Waals surface area contributed by atoms with Gasteiger partial charge in [0.05, 0.1) is 24.3 Å². The third kappa shape index (κ3) is 8.31. The number of methoxy groups -OCH3 is 2. The molecule has 0 unspecified atom stereocenters. The molecule has 0 aliphatic carbocycles. The Morgan fingerprint density at radius 1 is 1.07 bits per heavy atom. The fourth-order valence-electron chi connectivity index (χ4n) is 4.23. The number of benzene rings is 2. The molecule has 3 N–H and O–H groups in total. The first-order valence-electron chi connectivity index (χ1n) is 12.6.